The molecular weight excluding hydrogens is 266 g/mol. The summed E-state index contributed by atoms with van der Waals surface area (Å²) in [6.07, 6.45) is 0. The van der Waals surface area contributed by atoms with Crippen molar-refractivity contribution in [2.24, 2.45) is 0 Å². The summed E-state index contributed by atoms with van der Waals surface area (Å²) in [7, 11) is 0. The molecule has 0 aliphatic rings. The Kier molecular flexibility index (Phi) is 4.08. The van der Waals surface area contributed by atoms with Gasteiger partial charge >= 0.3 is 5.97 Å². The maximum Gasteiger partial charge on any atom is 0.337 e. The van der Waals surface area contributed by atoms with E-state index in [-0.39, 0.29) is 11.5 Å². The Morgan fingerprint density at radius 2 is 1.62 bits per heavy atom. The highest BCUT2D eigenvalue weighted by atomic mass is 16.4. The molecule has 0 bridgehead atoms. The van der Waals surface area contributed by atoms with E-state index < -0.39 is 5.97 Å². The lowest BCUT2D eigenvalue weighted by Crippen LogP contribution is -2.17. The molecule has 0 spiro atoms. The molecule has 0 radical (unpaired) electrons. The summed E-state index contributed by atoms with van der Waals surface area (Å²) in [5.74, 6) is -1.35. The van der Waals surface area contributed by atoms with Crippen molar-refractivity contribution >= 4 is 17.6 Å². The van der Waals surface area contributed by atoms with Crippen molar-refractivity contribution in [3.8, 4) is 0 Å². The summed E-state index contributed by atoms with van der Waals surface area (Å²) in [6, 6.07) is 10.5. The van der Waals surface area contributed by atoms with Crippen LogP contribution in [0.25, 0.3) is 0 Å². The van der Waals surface area contributed by atoms with Crippen LogP contribution in [0.5, 0.6) is 0 Å². The molecule has 0 aliphatic carbocycles. The van der Waals surface area contributed by atoms with Crippen molar-refractivity contribution in [1.29, 1.82) is 0 Å². The van der Waals surface area contributed by atoms with Gasteiger partial charge in [-0.2, -0.15) is 0 Å². The molecule has 2 aromatic carbocycles. The molecule has 0 saturated heterocycles. The largest absolute Gasteiger partial charge is 0.478 e. The number of amides is 1. The molecule has 0 aromatic heterocycles. The minimum atomic E-state index is -1.06. The van der Waals surface area contributed by atoms with Crippen LogP contribution in [-0.4, -0.2) is 17.0 Å². The average molecular weight is 283 g/mol. The second-order valence-corrected chi connectivity index (χ2v) is 5.08. The molecule has 4 nitrogen and oxygen atoms in total. The first-order chi connectivity index (χ1) is 9.90. The number of aromatic carboxylic acids is 1. The van der Waals surface area contributed by atoms with Crippen molar-refractivity contribution in [3.63, 3.8) is 0 Å². The van der Waals surface area contributed by atoms with Gasteiger partial charge in [0.2, 0.25) is 0 Å². The number of hydrogen-bond acceptors (Lipinski definition) is 2. The van der Waals surface area contributed by atoms with Gasteiger partial charge in [0.25, 0.3) is 5.91 Å². The number of carboxylic acid groups (broad SMARTS) is 1. The molecule has 2 N–H and O–H groups in total. The summed E-state index contributed by atoms with van der Waals surface area (Å²) in [6.45, 7) is 5.52. The molecule has 0 aliphatic heterocycles. The van der Waals surface area contributed by atoms with Crippen molar-refractivity contribution in [2.45, 2.75) is 20.8 Å². The van der Waals surface area contributed by atoms with E-state index in [1.807, 2.05) is 39.0 Å². The maximum atomic E-state index is 12.4. The van der Waals surface area contributed by atoms with Crippen LogP contribution >= 0.6 is 0 Å². The molecular formula is C17H17NO3. The fourth-order valence-corrected chi connectivity index (χ4v) is 2.30. The van der Waals surface area contributed by atoms with Crippen LogP contribution in [-0.2, 0) is 0 Å². The summed E-state index contributed by atoms with van der Waals surface area (Å²) in [4.78, 5) is 23.7. The summed E-state index contributed by atoms with van der Waals surface area (Å²) in [5, 5.41) is 11.9. The Bertz CT molecular complexity index is 700. The highest BCUT2D eigenvalue weighted by Gasteiger charge is 2.16. The third-order valence-electron chi connectivity index (χ3n) is 3.36. The first-order valence-corrected chi connectivity index (χ1v) is 6.61. The van der Waals surface area contributed by atoms with Gasteiger partial charge in [-0.25, -0.2) is 4.79 Å². The Hall–Kier alpha value is -2.62. The second-order valence-electron chi connectivity index (χ2n) is 5.08. The average Bonchev–Trinajstić information content (AvgIpc) is 2.40. The van der Waals surface area contributed by atoms with Gasteiger partial charge in [-0.3, -0.25) is 4.79 Å². The van der Waals surface area contributed by atoms with Crippen LogP contribution in [0.1, 0.15) is 37.4 Å². The third-order valence-corrected chi connectivity index (χ3v) is 3.36. The Balaban J connectivity index is 2.39. The van der Waals surface area contributed by atoms with Crippen molar-refractivity contribution in [2.75, 3.05) is 5.32 Å². The molecule has 0 heterocycles. The minimum Gasteiger partial charge on any atom is -0.478 e. The molecule has 108 valence electrons. The fraction of sp³-hybridized carbons (Fsp3) is 0.176. The van der Waals surface area contributed by atoms with Gasteiger partial charge in [0.15, 0.2) is 0 Å². The number of hydrogen-bond donors (Lipinski definition) is 2. The number of carbonyl (C=O) groups is 2. The highest BCUT2D eigenvalue weighted by Crippen LogP contribution is 2.20. The lowest BCUT2D eigenvalue weighted by molar-refractivity contribution is 0.0698. The molecule has 0 saturated carbocycles. The molecule has 0 fully saturated rings. The van der Waals surface area contributed by atoms with Gasteiger partial charge in [-0.1, -0.05) is 29.8 Å². The van der Waals surface area contributed by atoms with E-state index in [1.165, 1.54) is 0 Å². The van der Waals surface area contributed by atoms with Gasteiger partial charge in [0.05, 0.1) is 11.3 Å². The van der Waals surface area contributed by atoms with Crippen LogP contribution in [0, 0.1) is 20.8 Å². The predicted molar refractivity (Wildman–Crippen MR) is 82.0 cm³/mol. The fourth-order valence-electron chi connectivity index (χ4n) is 2.30. The zero-order valence-electron chi connectivity index (χ0n) is 12.2. The summed E-state index contributed by atoms with van der Waals surface area (Å²) >= 11 is 0. The smallest absolute Gasteiger partial charge is 0.337 e. The number of carbonyl (C=O) groups excluding carboxylic acids is 1. The number of aryl methyl sites for hydroxylation is 3. The molecule has 21 heavy (non-hydrogen) atoms. The zero-order valence-corrected chi connectivity index (χ0v) is 12.2. The quantitative estimate of drug-likeness (QED) is 0.905. The normalized spacial score (nSPS) is 10.2. The highest BCUT2D eigenvalue weighted by molar-refractivity contribution is 6.09. The first kappa shape index (κ1) is 14.8. The van der Waals surface area contributed by atoms with E-state index in [9.17, 15) is 14.7 Å². The van der Waals surface area contributed by atoms with Crippen LogP contribution in [0.15, 0.2) is 36.4 Å². The van der Waals surface area contributed by atoms with Crippen LogP contribution < -0.4 is 5.32 Å². The van der Waals surface area contributed by atoms with E-state index >= 15 is 0 Å². The van der Waals surface area contributed by atoms with Gasteiger partial charge in [-0.05, 0) is 44.0 Å². The Morgan fingerprint density at radius 3 is 2.19 bits per heavy atom. The monoisotopic (exact) mass is 283 g/mol. The van der Waals surface area contributed by atoms with Crippen LogP contribution in [0.3, 0.4) is 0 Å². The molecule has 0 unspecified atom stereocenters. The standard InChI is InChI=1S/C17H17NO3/c1-10-7-8-14(13(9-10)17(20)21)18-16(19)15-11(2)5-4-6-12(15)3/h4-9H,1-3H3,(H,18,19)(H,20,21). The lowest BCUT2D eigenvalue weighted by atomic mass is 10.0. The van der Waals surface area contributed by atoms with Crippen molar-refractivity contribution in [1.82, 2.24) is 0 Å². The molecule has 4 heteroatoms. The van der Waals surface area contributed by atoms with E-state index in [0.29, 0.717) is 11.3 Å². The predicted octanol–water partition coefficient (Wildman–Crippen LogP) is 3.56. The number of carboxylic acids is 1. The topological polar surface area (TPSA) is 66.4 Å². The summed E-state index contributed by atoms with van der Waals surface area (Å²) in [5.41, 5.74) is 3.52. The molecule has 2 rings (SSSR count). The third kappa shape index (κ3) is 3.11. The van der Waals surface area contributed by atoms with E-state index in [1.54, 1.807) is 18.2 Å². The van der Waals surface area contributed by atoms with Crippen molar-refractivity contribution < 1.29 is 14.7 Å². The molecule has 1 amide bonds. The lowest BCUT2D eigenvalue weighted by Gasteiger charge is -2.12. The van der Waals surface area contributed by atoms with Gasteiger partial charge in [0.1, 0.15) is 0 Å². The molecule has 2 aromatic rings. The van der Waals surface area contributed by atoms with E-state index in [4.69, 9.17) is 0 Å². The minimum absolute atomic E-state index is 0.0922. The maximum absolute atomic E-state index is 12.4. The number of anilines is 1. The van der Waals surface area contributed by atoms with E-state index in [0.717, 1.165) is 16.7 Å². The van der Waals surface area contributed by atoms with E-state index in [2.05, 4.69) is 5.32 Å². The SMILES string of the molecule is Cc1ccc(NC(=O)c2c(C)cccc2C)c(C(=O)O)c1. The number of nitrogens with one attached hydrogen (secondary N) is 1. The Morgan fingerprint density at radius 1 is 1.00 bits per heavy atom. The van der Waals surface area contributed by atoms with Crippen molar-refractivity contribution in [3.05, 3.63) is 64.2 Å². The number of benzene rings is 2. The summed E-state index contributed by atoms with van der Waals surface area (Å²) < 4.78 is 0. The van der Waals surface area contributed by atoms with Gasteiger partial charge < -0.3 is 10.4 Å². The Labute approximate surface area is 123 Å². The van der Waals surface area contributed by atoms with Gasteiger partial charge in [0, 0.05) is 5.56 Å². The number of rotatable bonds is 3. The van der Waals surface area contributed by atoms with Crippen LogP contribution in [0.4, 0.5) is 5.69 Å². The second kappa shape index (κ2) is 5.79. The molecule has 0 atom stereocenters. The first-order valence-electron chi connectivity index (χ1n) is 6.61. The zero-order chi connectivity index (χ0) is 15.6. The van der Waals surface area contributed by atoms with Gasteiger partial charge in [-0.15, -0.1) is 0 Å². The van der Waals surface area contributed by atoms with Crippen LogP contribution in [0.2, 0.25) is 0 Å².